The van der Waals surface area contributed by atoms with Gasteiger partial charge in [0.1, 0.15) is 0 Å². The predicted octanol–water partition coefficient (Wildman–Crippen LogP) is 2.60. The highest BCUT2D eigenvalue weighted by atomic mass is 32.2. The molecule has 0 aromatic heterocycles. The summed E-state index contributed by atoms with van der Waals surface area (Å²) >= 11 is -3.16. The summed E-state index contributed by atoms with van der Waals surface area (Å²) in [5.41, 5.74) is 0. The van der Waals surface area contributed by atoms with Crippen molar-refractivity contribution in [1.82, 2.24) is 0 Å². The Labute approximate surface area is 81.2 Å². The van der Waals surface area contributed by atoms with Crippen LogP contribution in [0.15, 0.2) is 0 Å². The first-order valence-corrected chi connectivity index (χ1v) is 4.79. The van der Waals surface area contributed by atoms with Crippen molar-refractivity contribution in [2.75, 3.05) is 0 Å². The minimum atomic E-state index is -3.73. The molecule has 0 saturated carbocycles. The summed E-state index contributed by atoms with van der Waals surface area (Å²) in [5, 5.41) is 0. The second-order valence-corrected chi connectivity index (χ2v) is 3.09. The standard InChI is InChI=1S/C6H10F4O3S/c1-3-5(7,8)12-14(11)13-6(9,10)4-2/h3-4H2,1-2H3. The largest absolute Gasteiger partial charge is 0.369 e. The smallest absolute Gasteiger partial charge is 0.199 e. The van der Waals surface area contributed by atoms with Crippen LogP contribution in [-0.4, -0.2) is 16.4 Å². The maximum absolute atomic E-state index is 12.3. The summed E-state index contributed by atoms with van der Waals surface area (Å²) in [5.74, 6) is 0. The molecule has 0 atom stereocenters. The first-order chi connectivity index (χ1) is 6.22. The summed E-state index contributed by atoms with van der Waals surface area (Å²) < 4.78 is 66.8. The number of halogens is 4. The summed E-state index contributed by atoms with van der Waals surface area (Å²) in [4.78, 5) is 0. The van der Waals surface area contributed by atoms with E-state index < -0.39 is 36.4 Å². The molecule has 0 radical (unpaired) electrons. The van der Waals surface area contributed by atoms with Gasteiger partial charge in [-0.1, -0.05) is 13.8 Å². The van der Waals surface area contributed by atoms with Gasteiger partial charge in [0.2, 0.25) is 0 Å². The van der Waals surface area contributed by atoms with Crippen molar-refractivity contribution in [3.05, 3.63) is 0 Å². The fourth-order valence-corrected chi connectivity index (χ4v) is 1.00. The molecule has 0 aromatic carbocycles. The quantitative estimate of drug-likeness (QED) is 0.667. The van der Waals surface area contributed by atoms with E-state index in [0.29, 0.717) is 0 Å². The van der Waals surface area contributed by atoms with Crippen LogP contribution in [0.4, 0.5) is 17.6 Å². The highest BCUT2D eigenvalue weighted by molar-refractivity contribution is 7.75. The first-order valence-electron chi connectivity index (χ1n) is 3.79. The Morgan fingerprint density at radius 1 is 1.00 bits per heavy atom. The Morgan fingerprint density at radius 3 is 1.50 bits per heavy atom. The maximum atomic E-state index is 12.3. The Balaban J connectivity index is 4.12. The first kappa shape index (κ1) is 13.8. The van der Waals surface area contributed by atoms with Crippen LogP contribution in [-0.2, 0) is 19.7 Å². The van der Waals surface area contributed by atoms with Gasteiger partial charge in [0.25, 0.3) is 0 Å². The van der Waals surface area contributed by atoms with Crippen LogP contribution in [0.2, 0.25) is 0 Å². The van der Waals surface area contributed by atoms with Gasteiger partial charge in [0.05, 0.1) is 0 Å². The molecule has 0 bridgehead atoms. The zero-order valence-corrected chi connectivity index (χ0v) is 8.38. The fourth-order valence-electron chi connectivity index (χ4n) is 0.334. The van der Waals surface area contributed by atoms with Gasteiger partial charge in [-0.25, -0.2) is 0 Å². The van der Waals surface area contributed by atoms with Crippen molar-refractivity contribution < 1.29 is 30.1 Å². The molecule has 3 nitrogen and oxygen atoms in total. The monoisotopic (exact) mass is 238 g/mol. The average Bonchev–Trinajstić information content (AvgIpc) is 2.02. The molecule has 0 N–H and O–H groups in total. The molecule has 0 aliphatic rings. The summed E-state index contributed by atoms with van der Waals surface area (Å²) in [6.45, 7) is 2.10. The van der Waals surface area contributed by atoms with E-state index >= 15 is 0 Å². The lowest BCUT2D eigenvalue weighted by molar-refractivity contribution is -0.205. The topological polar surface area (TPSA) is 35.5 Å². The molecule has 0 aliphatic heterocycles. The van der Waals surface area contributed by atoms with Gasteiger partial charge < -0.3 is 0 Å². The van der Waals surface area contributed by atoms with Crippen molar-refractivity contribution in [2.45, 2.75) is 38.9 Å². The van der Waals surface area contributed by atoms with Gasteiger partial charge in [-0.05, 0) is 0 Å². The lowest BCUT2D eigenvalue weighted by atomic mass is 10.5. The van der Waals surface area contributed by atoms with E-state index in [1.807, 2.05) is 0 Å². The fraction of sp³-hybridized carbons (Fsp3) is 1.00. The van der Waals surface area contributed by atoms with Crippen LogP contribution in [0, 0.1) is 0 Å². The molecular formula is C6H10F4O3S. The molecule has 0 heterocycles. The van der Waals surface area contributed by atoms with Crippen molar-refractivity contribution in [3.63, 3.8) is 0 Å². The van der Waals surface area contributed by atoms with E-state index in [4.69, 9.17) is 0 Å². The molecule has 0 fully saturated rings. The van der Waals surface area contributed by atoms with Crippen molar-refractivity contribution >= 4 is 11.4 Å². The molecule has 14 heavy (non-hydrogen) atoms. The summed E-state index contributed by atoms with van der Waals surface area (Å²) in [6.07, 6.45) is -9.01. The minimum absolute atomic E-state index is 0.778. The second-order valence-electron chi connectivity index (χ2n) is 2.35. The van der Waals surface area contributed by atoms with E-state index in [-0.39, 0.29) is 0 Å². The van der Waals surface area contributed by atoms with Gasteiger partial charge in [-0.3, -0.25) is 0 Å². The molecular weight excluding hydrogens is 228 g/mol. The zero-order chi connectivity index (χ0) is 11.4. The molecule has 0 rings (SSSR count). The van der Waals surface area contributed by atoms with Crippen molar-refractivity contribution in [1.29, 1.82) is 0 Å². The molecule has 0 spiro atoms. The van der Waals surface area contributed by atoms with E-state index in [9.17, 15) is 21.8 Å². The van der Waals surface area contributed by atoms with Crippen molar-refractivity contribution in [2.24, 2.45) is 0 Å². The molecule has 0 aliphatic carbocycles. The highest BCUT2D eigenvalue weighted by Crippen LogP contribution is 2.26. The lowest BCUT2D eigenvalue weighted by Gasteiger charge is -2.16. The summed E-state index contributed by atoms with van der Waals surface area (Å²) in [7, 11) is 0. The average molecular weight is 238 g/mol. The van der Waals surface area contributed by atoms with E-state index in [0.717, 1.165) is 13.8 Å². The number of rotatable bonds is 6. The molecule has 8 heteroatoms. The summed E-state index contributed by atoms with van der Waals surface area (Å²) in [6, 6.07) is 0. The van der Waals surface area contributed by atoms with Gasteiger partial charge in [-0.2, -0.15) is 30.1 Å². The third-order valence-electron chi connectivity index (χ3n) is 1.20. The number of alkyl halides is 4. The Hall–Kier alpha value is -0.210. The Kier molecular flexibility index (Phi) is 4.96. The van der Waals surface area contributed by atoms with Crippen LogP contribution >= 0.6 is 0 Å². The molecule has 0 unspecified atom stereocenters. The Bertz CT molecular complexity index is 189. The minimum Gasteiger partial charge on any atom is -0.199 e. The third-order valence-corrected chi connectivity index (χ3v) is 1.96. The highest BCUT2D eigenvalue weighted by Gasteiger charge is 2.37. The van der Waals surface area contributed by atoms with Crippen LogP contribution in [0.25, 0.3) is 0 Å². The number of hydrogen-bond acceptors (Lipinski definition) is 3. The predicted molar refractivity (Wildman–Crippen MR) is 40.8 cm³/mol. The van der Waals surface area contributed by atoms with Gasteiger partial charge in [-0.15, -0.1) is 0 Å². The van der Waals surface area contributed by atoms with Gasteiger partial charge in [0.15, 0.2) is 0 Å². The van der Waals surface area contributed by atoms with Crippen LogP contribution in [0.1, 0.15) is 26.7 Å². The van der Waals surface area contributed by atoms with E-state index in [1.54, 1.807) is 0 Å². The molecule has 86 valence electrons. The van der Waals surface area contributed by atoms with Crippen LogP contribution < -0.4 is 0 Å². The van der Waals surface area contributed by atoms with Crippen molar-refractivity contribution in [3.8, 4) is 0 Å². The van der Waals surface area contributed by atoms with Crippen LogP contribution in [0.5, 0.6) is 0 Å². The van der Waals surface area contributed by atoms with Gasteiger partial charge >= 0.3 is 23.6 Å². The molecule has 0 saturated heterocycles. The zero-order valence-electron chi connectivity index (χ0n) is 7.56. The molecule has 0 amide bonds. The SMILES string of the molecule is CCC(F)(F)OS(=O)OC(F)(F)CC. The lowest BCUT2D eigenvalue weighted by Crippen LogP contribution is -2.27. The second kappa shape index (κ2) is 5.04. The van der Waals surface area contributed by atoms with Gasteiger partial charge in [0, 0.05) is 12.8 Å². The number of hydrogen-bond donors (Lipinski definition) is 0. The van der Waals surface area contributed by atoms with E-state index in [2.05, 4.69) is 8.37 Å². The van der Waals surface area contributed by atoms with Crippen LogP contribution in [0.3, 0.4) is 0 Å². The molecule has 0 aromatic rings. The maximum Gasteiger partial charge on any atom is 0.369 e. The normalized spacial score (nSPS) is 13.6. The Morgan fingerprint density at radius 2 is 1.29 bits per heavy atom. The van der Waals surface area contributed by atoms with E-state index in [1.165, 1.54) is 0 Å². The third kappa shape index (κ3) is 5.51.